The highest BCUT2D eigenvalue weighted by atomic mass is 32.2. The van der Waals surface area contributed by atoms with Crippen molar-refractivity contribution in [3.8, 4) is 5.69 Å². The second-order valence-corrected chi connectivity index (χ2v) is 7.92. The van der Waals surface area contributed by atoms with Crippen molar-refractivity contribution in [1.29, 1.82) is 0 Å². The number of aromatic nitrogens is 2. The van der Waals surface area contributed by atoms with Gasteiger partial charge >= 0.3 is 0 Å². The maximum Gasteiger partial charge on any atom is 0.230 e. The Morgan fingerprint density at radius 3 is 2.64 bits per heavy atom. The predicted molar refractivity (Wildman–Crippen MR) is 101 cm³/mol. The number of nitrogens with zero attached hydrogens (tertiary/aromatic N) is 2. The van der Waals surface area contributed by atoms with Crippen molar-refractivity contribution in [3.05, 3.63) is 69.9 Å². The van der Waals surface area contributed by atoms with E-state index in [1.165, 1.54) is 35.2 Å². The van der Waals surface area contributed by atoms with Crippen LogP contribution >= 0.6 is 35.3 Å². The fourth-order valence-electron chi connectivity index (χ4n) is 2.03. The Hall–Kier alpha value is -2.03. The minimum Gasteiger partial charge on any atom is -0.351 e. The van der Waals surface area contributed by atoms with Crippen LogP contribution in [0.1, 0.15) is 5.56 Å². The highest BCUT2D eigenvalue weighted by Gasteiger charge is 2.09. The summed E-state index contributed by atoms with van der Waals surface area (Å²) in [7, 11) is 0. The first-order chi connectivity index (χ1) is 12.1. The van der Waals surface area contributed by atoms with Crippen LogP contribution in [0.2, 0.25) is 0 Å². The second-order valence-electron chi connectivity index (χ2n) is 5.07. The van der Waals surface area contributed by atoms with Gasteiger partial charge in [-0.1, -0.05) is 53.4 Å². The number of hydrogen-bond acceptors (Lipinski definition) is 5. The number of thioether (sulfide) groups is 1. The number of para-hydroxylation sites is 1. The van der Waals surface area contributed by atoms with E-state index in [9.17, 15) is 9.18 Å². The van der Waals surface area contributed by atoms with Crippen molar-refractivity contribution in [1.82, 2.24) is 15.1 Å². The Bertz CT molecular complexity index is 907. The summed E-state index contributed by atoms with van der Waals surface area (Å²) in [6.45, 7) is 0.369. The summed E-state index contributed by atoms with van der Waals surface area (Å²) in [5, 5.41) is 7.26. The number of rotatable bonds is 6. The number of nitrogens with one attached hydrogen (secondary N) is 1. The summed E-state index contributed by atoms with van der Waals surface area (Å²) in [4.78, 5) is 12.0. The summed E-state index contributed by atoms with van der Waals surface area (Å²) in [6, 6.07) is 15.7. The lowest BCUT2D eigenvalue weighted by Gasteiger charge is -2.04. The molecule has 0 radical (unpaired) electrons. The lowest BCUT2D eigenvalue weighted by molar-refractivity contribution is -0.118. The van der Waals surface area contributed by atoms with Gasteiger partial charge in [-0.3, -0.25) is 4.79 Å². The van der Waals surface area contributed by atoms with Gasteiger partial charge in [0.1, 0.15) is 5.82 Å². The van der Waals surface area contributed by atoms with Crippen LogP contribution < -0.4 is 5.32 Å². The molecule has 1 N–H and O–H groups in total. The molecule has 0 fully saturated rings. The van der Waals surface area contributed by atoms with Crippen LogP contribution in [0.5, 0.6) is 0 Å². The second kappa shape index (κ2) is 8.37. The number of amides is 1. The van der Waals surface area contributed by atoms with E-state index in [1.807, 2.05) is 30.3 Å². The van der Waals surface area contributed by atoms with E-state index in [2.05, 4.69) is 10.4 Å². The van der Waals surface area contributed by atoms with Crippen LogP contribution in [0.25, 0.3) is 5.69 Å². The fraction of sp³-hybridized carbons (Fsp3) is 0.118. The minimum absolute atomic E-state index is 0.110. The Morgan fingerprint density at radius 1 is 1.20 bits per heavy atom. The highest BCUT2D eigenvalue weighted by Crippen LogP contribution is 2.23. The van der Waals surface area contributed by atoms with Crippen LogP contribution in [-0.2, 0) is 11.3 Å². The van der Waals surface area contributed by atoms with Crippen molar-refractivity contribution in [2.75, 3.05) is 5.75 Å². The Labute approximate surface area is 157 Å². The SMILES string of the molecule is O=C(CSc1nn(-c2ccccc2)c(=S)s1)NCc1ccc(F)cc1. The average Bonchev–Trinajstić information content (AvgIpc) is 3.01. The molecule has 3 aromatic rings. The van der Waals surface area contributed by atoms with Gasteiger partial charge in [-0.25, -0.2) is 9.07 Å². The summed E-state index contributed by atoms with van der Waals surface area (Å²) in [6.07, 6.45) is 0. The van der Waals surface area contributed by atoms with Crippen LogP contribution in [0.4, 0.5) is 4.39 Å². The number of carbonyl (C=O) groups is 1. The molecule has 128 valence electrons. The van der Waals surface area contributed by atoms with Crippen LogP contribution in [0.3, 0.4) is 0 Å². The molecular formula is C17H14FN3OS3. The molecule has 0 aliphatic heterocycles. The first-order valence-corrected chi connectivity index (χ1v) is 9.62. The smallest absolute Gasteiger partial charge is 0.230 e. The number of carbonyl (C=O) groups excluding carboxylic acids is 1. The Morgan fingerprint density at radius 2 is 1.92 bits per heavy atom. The van der Waals surface area contributed by atoms with E-state index in [-0.39, 0.29) is 17.5 Å². The standard InChI is InChI=1S/C17H14FN3OS3/c18-13-8-6-12(7-9-13)10-19-15(22)11-24-16-20-21(17(23)25-16)14-4-2-1-3-5-14/h1-9H,10-11H2,(H,19,22). The molecule has 0 bridgehead atoms. The van der Waals surface area contributed by atoms with E-state index < -0.39 is 0 Å². The highest BCUT2D eigenvalue weighted by molar-refractivity contribution is 8.01. The van der Waals surface area contributed by atoms with Gasteiger partial charge in [0.2, 0.25) is 5.91 Å². The normalized spacial score (nSPS) is 10.6. The number of halogens is 1. The first kappa shape index (κ1) is 17.8. The molecule has 2 aromatic carbocycles. The fourth-order valence-corrected chi connectivity index (χ4v) is 4.22. The maximum atomic E-state index is 12.8. The summed E-state index contributed by atoms with van der Waals surface area (Å²) >= 11 is 8.05. The Kier molecular flexibility index (Phi) is 5.95. The van der Waals surface area contributed by atoms with Crippen LogP contribution in [-0.4, -0.2) is 21.4 Å². The summed E-state index contributed by atoms with van der Waals surface area (Å²) in [5.74, 6) is -0.152. The molecule has 1 aromatic heterocycles. The van der Waals surface area contributed by atoms with Crippen LogP contribution in [0.15, 0.2) is 58.9 Å². The lowest BCUT2D eigenvalue weighted by atomic mass is 10.2. The molecule has 8 heteroatoms. The quantitative estimate of drug-likeness (QED) is 0.505. The van der Waals surface area contributed by atoms with Gasteiger partial charge < -0.3 is 5.32 Å². The molecule has 0 saturated carbocycles. The van der Waals surface area contributed by atoms with Crippen molar-refractivity contribution >= 4 is 41.2 Å². The molecule has 0 saturated heterocycles. The maximum absolute atomic E-state index is 12.8. The topological polar surface area (TPSA) is 46.9 Å². The molecule has 0 spiro atoms. The molecule has 1 amide bonds. The van der Waals surface area contributed by atoms with Gasteiger partial charge in [0.25, 0.3) is 0 Å². The molecule has 0 aliphatic rings. The van der Waals surface area contributed by atoms with E-state index in [1.54, 1.807) is 16.8 Å². The average molecular weight is 392 g/mol. The minimum atomic E-state index is -0.291. The van der Waals surface area contributed by atoms with Crippen LogP contribution in [0, 0.1) is 9.77 Å². The zero-order chi connectivity index (χ0) is 17.6. The molecule has 0 atom stereocenters. The number of benzene rings is 2. The van der Waals surface area contributed by atoms with E-state index in [4.69, 9.17) is 12.2 Å². The van der Waals surface area contributed by atoms with Gasteiger partial charge in [-0.2, -0.15) is 0 Å². The van der Waals surface area contributed by atoms with Gasteiger partial charge in [-0.05, 0) is 42.0 Å². The predicted octanol–water partition coefficient (Wildman–Crippen LogP) is 4.21. The monoisotopic (exact) mass is 391 g/mol. The van der Waals surface area contributed by atoms with Gasteiger partial charge in [-0.15, -0.1) is 5.10 Å². The molecule has 1 heterocycles. The van der Waals surface area contributed by atoms with Crippen molar-refractivity contribution in [2.24, 2.45) is 0 Å². The van der Waals surface area contributed by atoms with Gasteiger partial charge in [0.05, 0.1) is 11.4 Å². The molecule has 0 unspecified atom stereocenters. The number of hydrogen-bond donors (Lipinski definition) is 1. The van der Waals surface area contributed by atoms with E-state index >= 15 is 0 Å². The lowest BCUT2D eigenvalue weighted by Crippen LogP contribution is -2.24. The van der Waals surface area contributed by atoms with Crippen molar-refractivity contribution in [3.63, 3.8) is 0 Å². The summed E-state index contributed by atoms with van der Waals surface area (Å²) < 4.78 is 15.9. The zero-order valence-corrected chi connectivity index (χ0v) is 15.5. The third-order valence-corrected chi connectivity index (χ3v) is 5.63. The molecule has 25 heavy (non-hydrogen) atoms. The Balaban J connectivity index is 1.54. The largest absolute Gasteiger partial charge is 0.351 e. The van der Waals surface area contributed by atoms with Gasteiger partial charge in [0, 0.05) is 6.54 Å². The summed E-state index contributed by atoms with van der Waals surface area (Å²) in [5.41, 5.74) is 1.75. The third-order valence-electron chi connectivity index (χ3n) is 3.26. The molecular weight excluding hydrogens is 377 g/mol. The van der Waals surface area contributed by atoms with E-state index in [0.29, 0.717) is 10.5 Å². The molecule has 4 nitrogen and oxygen atoms in total. The van der Waals surface area contributed by atoms with Crippen molar-refractivity contribution < 1.29 is 9.18 Å². The zero-order valence-electron chi connectivity index (χ0n) is 13.0. The molecule has 3 rings (SSSR count). The van der Waals surface area contributed by atoms with Crippen molar-refractivity contribution in [2.45, 2.75) is 10.9 Å². The third kappa shape index (κ3) is 4.97. The molecule has 0 aliphatic carbocycles. The van der Waals surface area contributed by atoms with E-state index in [0.717, 1.165) is 15.6 Å². The van der Waals surface area contributed by atoms with Gasteiger partial charge in [0.15, 0.2) is 8.29 Å². The first-order valence-electron chi connectivity index (χ1n) is 7.41.